The number of hydrogen-bond acceptors (Lipinski definition) is 11. The van der Waals surface area contributed by atoms with Crippen LogP contribution in [-0.4, -0.2) is 77.2 Å². The number of benzene rings is 2. The first-order valence-electron chi connectivity index (χ1n) is 17.8. The number of non-ortho nitro benzene ring substituents is 1. The molecule has 53 heavy (non-hydrogen) atoms. The highest BCUT2D eigenvalue weighted by molar-refractivity contribution is 7.98. The molecule has 2 aliphatic rings. The molecule has 10 nitrogen and oxygen atoms in total. The van der Waals surface area contributed by atoms with Crippen LogP contribution in [-0.2, 0) is 31.9 Å². The maximum absolute atomic E-state index is 12.3. The normalized spacial score (nSPS) is 16.0. The molecule has 2 saturated carbocycles. The minimum Gasteiger partial charge on any atom is -0.467 e. The van der Waals surface area contributed by atoms with Gasteiger partial charge in [-0.15, -0.1) is 0 Å². The van der Waals surface area contributed by atoms with Crippen molar-refractivity contribution in [1.82, 2.24) is 10.6 Å². The van der Waals surface area contributed by atoms with Crippen molar-refractivity contribution in [1.29, 1.82) is 0 Å². The lowest BCUT2D eigenvalue weighted by atomic mass is 9.66. The van der Waals surface area contributed by atoms with Gasteiger partial charge in [0.25, 0.3) is 5.69 Å². The van der Waals surface area contributed by atoms with Gasteiger partial charge < -0.3 is 25.8 Å². The molecule has 0 amide bonds. The van der Waals surface area contributed by atoms with E-state index in [-0.39, 0.29) is 35.9 Å². The van der Waals surface area contributed by atoms with E-state index in [1.807, 2.05) is 47.8 Å². The molecule has 4 N–H and O–H groups in total. The van der Waals surface area contributed by atoms with Crippen LogP contribution < -0.4 is 16.4 Å². The number of ether oxygens (including phenoxy) is 2. The van der Waals surface area contributed by atoms with Gasteiger partial charge in [-0.3, -0.25) is 10.1 Å². The summed E-state index contributed by atoms with van der Waals surface area (Å²) in [6.45, 7) is 0. The molecule has 2 atom stereocenters. The lowest BCUT2D eigenvalue weighted by Gasteiger charge is -2.43. The van der Waals surface area contributed by atoms with Crippen molar-refractivity contribution in [3.05, 3.63) is 69.8 Å². The number of nitrogens with zero attached hydrogens (tertiary/aromatic N) is 1. The second-order valence-electron chi connectivity index (χ2n) is 13.6. The molecule has 2 fully saturated rings. The van der Waals surface area contributed by atoms with E-state index in [0.717, 1.165) is 90.4 Å². The van der Waals surface area contributed by atoms with Crippen molar-refractivity contribution >= 4 is 81.2 Å². The van der Waals surface area contributed by atoms with Crippen molar-refractivity contribution in [3.63, 3.8) is 0 Å². The number of anilines is 1. The molecular weight excluding hydrogens is 749 g/mol. The van der Waals surface area contributed by atoms with E-state index < -0.39 is 17.0 Å². The topological polar surface area (TPSA) is 146 Å². The summed E-state index contributed by atoms with van der Waals surface area (Å²) in [5.41, 5.74) is 8.38. The standard InChI is InChI=1S/C19H26N2O4S2.C19H28N2O2S2.CH4/c1-25-17(22)16(13-14-5-7-15(8-6-14)21(23)24)20-18(26)19(9-3-10-19)11-4-12-27-2;1-23-17(22)16(13-14-5-7-15(20)8-6-14)21-18(24)19(9-3-10-19)11-4-12-25-2;/h5-8,16H,3-4,9-13H2,1-2H3,(H,20,26);5-8,16H,3-4,9-13,20H2,1-2H3,(H,21,24);1H4. The van der Waals surface area contributed by atoms with E-state index in [0.29, 0.717) is 18.5 Å². The molecule has 2 aliphatic carbocycles. The highest BCUT2D eigenvalue weighted by Gasteiger charge is 2.43. The fourth-order valence-corrected chi connectivity index (χ4v) is 8.43. The molecule has 0 bridgehead atoms. The Morgan fingerprint density at radius 3 is 1.47 bits per heavy atom. The van der Waals surface area contributed by atoms with Crippen LogP contribution >= 0.6 is 48.0 Å². The number of nitrogens with two attached hydrogens (primary N) is 1. The highest BCUT2D eigenvalue weighted by atomic mass is 32.2. The van der Waals surface area contributed by atoms with E-state index in [1.165, 1.54) is 32.8 Å². The van der Waals surface area contributed by atoms with Gasteiger partial charge >= 0.3 is 11.9 Å². The van der Waals surface area contributed by atoms with Gasteiger partial charge in [-0.2, -0.15) is 23.5 Å². The van der Waals surface area contributed by atoms with E-state index in [4.69, 9.17) is 39.6 Å². The predicted molar refractivity (Wildman–Crippen MR) is 229 cm³/mol. The zero-order chi connectivity index (χ0) is 38.1. The Labute approximate surface area is 335 Å². The number of thioether (sulfide) groups is 2. The van der Waals surface area contributed by atoms with Gasteiger partial charge in [0.1, 0.15) is 12.1 Å². The summed E-state index contributed by atoms with van der Waals surface area (Å²) in [4.78, 5) is 36.4. The van der Waals surface area contributed by atoms with Gasteiger partial charge in [0.05, 0.1) is 29.1 Å². The Hall–Kier alpha value is -2.94. The third-order valence-electron chi connectivity index (χ3n) is 10.2. The molecule has 4 rings (SSSR count). The lowest BCUT2D eigenvalue weighted by Crippen LogP contribution is -2.51. The molecule has 0 heterocycles. The number of carbonyl (C=O) groups excluding carboxylic acids is 2. The number of esters is 2. The number of methoxy groups -OCH3 is 2. The quantitative estimate of drug-likeness (QED) is 0.0314. The first-order chi connectivity index (χ1) is 24.9. The van der Waals surface area contributed by atoms with E-state index in [2.05, 4.69) is 23.1 Å². The van der Waals surface area contributed by atoms with E-state index in [9.17, 15) is 19.7 Å². The number of nitrogen functional groups attached to an aromatic ring is 1. The summed E-state index contributed by atoms with van der Waals surface area (Å²) in [7, 11) is 2.77. The second kappa shape index (κ2) is 23.1. The van der Waals surface area contributed by atoms with Crippen molar-refractivity contribution in [2.75, 3.05) is 44.0 Å². The molecule has 0 aliphatic heterocycles. The zero-order valence-electron chi connectivity index (χ0n) is 30.8. The van der Waals surface area contributed by atoms with Crippen LogP contribution in [0.5, 0.6) is 0 Å². The number of nitro groups is 1. The highest BCUT2D eigenvalue weighted by Crippen LogP contribution is 2.47. The van der Waals surface area contributed by atoms with Gasteiger partial charge in [0.2, 0.25) is 0 Å². The largest absolute Gasteiger partial charge is 0.467 e. The fraction of sp³-hybridized carbons (Fsp3) is 0.590. The second-order valence-corrected chi connectivity index (χ2v) is 16.4. The van der Waals surface area contributed by atoms with Crippen molar-refractivity contribution in [2.24, 2.45) is 10.8 Å². The summed E-state index contributed by atoms with van der Waals surface area (Å²) >= 11 is 15.1. The molecule has 294 valence electrons. The molecule has 2 unspecified atom stereocenters. The monoisotopic (exact) mass is 806 g/mol. The number of carbonyl (C=O) groups is 2. The SMILES string of the molecule is C.COC(=O)C(Cc1ccc(N)cc1)NC(=S)C1(CCCSC)CCC1.COC(=O)C(Cc1ccc([N+](=O)[O-])cc1)NC(=S)C1(CCCSC)CCC1. The molecule has 0 saturated heterocycles. The number of nitro benzene ring substituents is 1. The molecule has 0 aromatic heterocycles. The third-order valence-corrected chi connectivity index (χ3v) is 12.7. The number of hydrogen-bond donors (Lipinski definition) is 3. The summed E-state index contributed by atoms with van der Waals surface area (Å²) in [5, 5.41) is 17.4. The van der Waals surface area contributed by atoms with Crippen LogP contribution in [0.4, 0.5) is 11.4 Å². The smallest absolute Gasteiger partial charge is 0.328 e. The molecule has 2 aromatic carbocycles. The summed E-state index contributed by atoms with van der Waals surface area (Å²) in [5.74, 6) is 1.59. The average Bonchev–Trinajstić information content (AvgIpc) is 3.10. The molecule has 2 aromatic rings. The maximum Gasteiger partial charge on any atom is 0.328 e. The Kier molecular flexibility index (Phi) is 20.1. The van der Waals surface area contributed by atoms with Crippen LogP contribution in [0.15, 0.2) is 48.5 Å². The summed E-state index contributed by atoms with van der Waals surface area (Å²) in [6.07, 6.45) is 16.2. The lowest BCUT2D eigenvalue weighted by molar-refractivity contribution is -0.384. The third kappa shape index (κ3) is 13.7. The van der Waals surface area contributed by atoms with Crippen molar-refractivity contribution in [2.45, 2.75) is 96.6 Å². The van der Waals surface area contributed by atoms with E-state index in [1.54, 1.807) is 12.1 Å². The Bertz CT molecular complexity index is 1480. The minimum absolute atomic E-state index is 0. The molecule has 14 heteroatoms. The molecular formula is C39H58N4O6S4. The van der Waals surface area contributed by atoms with Gasteiger partial charge in [0.15, 0.2) is 0 Å². The first-order valence-corrected chi connectivity index (χ1v) is 21.4. The zero-order valence-corrected chi connectivity index (χ0v) is 34.0. The summed E-state index contributed by atoms with van der Waals surface area (Å²) in [6, 6.07) is 12.7. The van der Waals surface area contributed by atoms with Gasteiger partial charge in [-0.05, 0) is 98.6 Å². The first kappa shape index (κ1) is 46.2. The Morgan fingerprint density at radius 2 is 1.17 bits per heavy atom. The van der Waals surface area contributed by atoms with Crippen LogP contribution in [0.2, 0.25) is 0 Å². The number of thiocarbonyl (C=S) groups is 2. The van der Waals surface area contributed by atoms with Gasteiger partial charge in [0, 0.05) is 41.5 Å². The Morgan fingerprint density at radius 1 is 0.792 bits per heavy atom. The predicted octanol–water partition coefficient (Wildman–Crippen LogP) is 8.13. The minimum atomic E-state index is -0.595. The van der Waals surface area contributed by atoms with Gasteiger partial charge in [-0.25, -0.2) is 9.59 Å². The van der Waals surface area contributed by atoms with Crippen molar-refractivity contribution in [3.8, 4) is 0 Å². The molecule has 0 radical (unpaired) electrons. The van der Waals surface area contributed by atoms with Crippen LogP contribution in [0.1, 0.15) is 82.8 Å². The van der Waals surface area contributed by atoms with Gasteiger partial charge in [-0.1, -0.05) is 69.0 Å². The number of nitrogens with one attached hydrogen (secondary N) is 2. The van der Waals surface area contributed by atoms with Crippen LogP contribution in [0.3, 0.4) is 0 Å². The van der Waals surface area contributed by atoms with Crippen LogP contribution in [0, 0.1) is 20.9 Å². The van der Waals surface area contributed by atoms with Crippen LogP contribution in [0.25, 0.3) is 0 Å². The Balaban J connectivity index is 0.000000361. The average molecular weight is 807 g/mol. The fourth-order valence-electron chi connectivity index (χ4n) is 6.67. The van der Waals surface area contributed by atoms with E-state index >= 15 is 0 Å². The molecule has 0 spiro atoms. The summed E-state index contributed by atoms with van der Waals surface area (Å²) < 4.78 is 9.92. The van der Waals surface area contributed by atoms with Crippen molar-refractivity contribution < 1.29 is 24.0 Å². The maximum atomic E-state index is 12.3. The number of rotatable bonds is 19.